The number of aromatic nitrogens is 1. The van der Waals surface area contributed by atoms with Gasteiger partial charge in [-0.1, -0.05) is 13.0 Å². The molecule has 0 bridgehead atoms. The number of benzene rings is 1. The average Bonchev–Trinajstić information content (AvgIpc) is 2.53. The third kappa shape index (κ3) is 3.35. The van der Waals surface area contributed by atoms with Crippen molar-refractivity contribution in [2.24, 2.45) is 5.92 Å². The van der Waals surface area contributed by atoms with Gasteiger partial charge in [0.25, 0.3) is 0 Å². The molecule has 0 unspecified atom stereocenters. The Morgan fingerprint density at radius 3 is 2.55 bits per heavy atom. The molecule has 1 N–H and O–H groups in total. The van der Waals surface area contributed by atoms with Gasteiger partial charge in [-0.05, 0) is 35.9 Å². The van der Waals surface area contributed by atoms with E-state index in [1.54, 1.807) is 19.5 Å². The van der Waals surface area contributed by atoms with Gasteiger partial charge in [0, 0.05) is 24.0 Å². The van der Waals surface area contributed by atoms with Gasteiger partial charge in [0.15, 0.2) is 0 Å². The maximum atomic E-state index is 11.1. The molecular formula is C16H18N2O2. The van der Waals surface area contributed by atoms with Crippen molar-refractivity contribution in [1.82, 2.24) is 4.98 Å². The molecule has 20 heavy (non-hydrogen) atoms. The van der Waals surface area contributed by atoms with Crippen LogP contribution < -0.4 is 10.1 Å². The van der Waals surface area contributed by atoms with Crippen LogP contribution in [0.2, 0.25) is 0 Å². The summed E-state index contributed by atoms with van der Waals surface area (Å²) >= 11 is 0. The van der Waals surface area contributed by atoms with E-state index in [4.69, 9.17) is 4.74 Å². The third-order valence-corrected chi connectivity index (χ3v) is 3.20. The van der Waals surface area contributed by atoms with Crippen LogP contribution in [0.5, 0.6) is 5.75 Å². The quantitative estimate of drug-likeness (QED) is 0.820. The summed E-state index contributed by atoms with van der Waals surface area (Å²) in [4.78, 5) is 15.2. The number of hydrogen-bond acceptors (Lipinski definition) is 4. The minimum absolute atomic E-state index is 0.102. The number of nitrogens with zero attached hydrogens (tertiary/aromatic N) is 1. The van der Waals surface area contributed by atoms with Crippen molar-refractivity contribution in [1.29, 1.82) is 0 Å². The highest BCUT2D eigenvalue weighted by atomic mass is 16.5. The summed E-state index contributed by atoms with van der Waals surface area (Å²) in [6.45, 7) is 1.89. The maximum absolute atomic E-state index is 11.1. The maximum Gasteiger partial charge on any atom is 0.125 e. The average molecular weight is 270 g/mol. The van der Waals surface area contributed by atoms with Crippen molar-refractivity contribution in [3.8, 4) is 5.75 Å². The number of methoxy groups -OCH3 is 1. The second kappa shape index (κ2) is 6.70. The van der Waals surface area contributed by atoms with Crippen LogP contribution in [-0.4, -0.2) is 18.4 Å². The van der Waals surface area contributed by atoms with E-state index in [0.717, 1.165) is 23.3 Å². The van der Waals surface area contributed by atoms with Gasteiger partial charge in [0.2, 0.25) is 0 Å². The Labute approximate surface area is 118 Å². The molecule has 1 aromatic heterocycles. The van der Waals surface area contributed by atoms with Crippen LogP contribution in [0.15, 0.2) is 48.8 Å². The van der Waals surface area contributed by atoms with Gasteiger partial charge in [-0.15, -0.1) is 0 Å². The highest BCUT2D eigenvalue weighted by molar-refractivity contribution is 5.58. The standard InChI is InChI=1S/C16H18N2O2/c1-12(11-19)16(13-4-3-9-17-10-13)18-14-5-7-15(20-2)8-6-14/h3-12,16,18H,1-2H3/t12-,16+/m1/s1. The van der Waals surface area contributed by atoms with Crippen LogP contribution in [-0.2, 0) is 4.79 Å². The lowest BCUT2D eigenvalue weighted by atomic mass is 9.96. The molecule has 0 saturated carbocycles. The third-order valence-electron chi connectivity index (χ3n) is 3.20. The van der Waals surface area contributed by atoms with Gasteiger partial charge in [0.1, 0.15) is 12.0 Å². The van der Waals surface area contributed by atoms with Crippen molar-refractivity contribution < 1.29 is 9.53 Å². The summed E-state index contributed by atoms with van der Waals surface area (Å²) in [5.74, 6) is 0.651. The lowest BCUT2D eigenvalue weighted by Gasteiger charge is -2.23. The van der Waals surface area contributed by atoms with Crippen molar-refractivity contribution >= 4 is 12.0 Å². The van der Waals surface area contributed by atoms with Crippen LogP contribution in [0.3, 0.4) is 0 Å². The fraction of sp³-hybridized carbons (Fsp3) is 0.250. The summed E-state index contributed by atoms with van der Waals surface area (Å²) < 4.78 is 5.13. The number of carbonyl (C=O) groups is 1. The number of ether oxygens (including phenoxy) is 1. The first-order valence-electron chi connectivity index (χ1n) is 6.50. The van der Waals surface area contributed by atoms with Gasteiger partial charge in [-0.2, -0.15) is 0 Å². The lowest BCUT2D eigenvalue weighted by molar-refractivity contribution is -0.111. The van der Waals surface area contributed by atoms with Gasteiger partial charge in [-0.3, -0.25) is 4.98 Å². The summed E-state index contributed by atoms with van der Waals surface area (Å²) in [5.41, 5.74) is 1.93. The fourth-order valence-electron chi connectivity index (χ4n) is 2.02. The van der Waals surface area contributed by atoms with Gasteiger partial charge in [0.05, 0.1) is 13.2 Å². The van der Waals surface area contributed by atoms with Crippen LogP contribution in [0, 0.1) is 5.92 Å². The fourth-order valence-corrected chi connectivity index (χ4v) is 2.02. The number of pyridine rings is 1. The molecule has 104 valence electrons. The Morgan fingerprint density at radius 2 is 2.00 bits per heavy atom. The van der Waals surface area contributed by atoms with Crippen molar-refractivity contribution in [2.75, 3.05) is 12.4 Å². The van der Waals surface area contributed by atoms with E-state index in [2.05, 4.69) is 10.3 Å². The zero-order chi connectivity index (χ0) is 14.4. The second-order valence-corrected chi connectivity index (χ2v) is 4.63. The zero-order valence-corrected chi connectivity index (χ0v) is 11.6. The Bertz CT molecular complexity index is 540. The molecular weight excluding hydrogens is 252 g/mol. The van der Waals surface area contributed by atoms with E-state index in [9.17, 15) is 4.79 Å². The normalized spacial score (nSPS) is 13.3. The number of carbonyl (C=O) groups excluding carboxylic acids is 1. The number of hydrogen-bond donors (Lipinski definition) is 1. The molecule has 2 rings (SSSR count). The van der Waals surface area contributed by atoms with E-state index < -0.39 is 0 Å². The van der Waals surface area contributed by atoms with Crippen molar-refractivity contribution in [2.45, 2.75) is 13.0 Å². The molecule has 2 atom stereocenters. The SMILES string of the molecule is COc1ccc(N[C@H](c2cccnc2)[C@H](C)C=O)cc1. The molecule has 0 spiro atoms. The molecule has 1 aromatic carbocycles. The summed E-state index contributed by atoms with van der Waals surface area (Å²) in [6.07, 6.45) is 4.45. The van der Waals surface area contributed by atoms with E-state index in [0.29, 0.717) is 0 Å². The molecule has 4 heteroatoms. The molecule has 2 aromatic rings. The Hall–Kier alpha value is -2.36. The van der Waals surface area contributed by atoms with Gasteiger partial charge >= 0.3 is 0 Å². The Balaban J connectivity index is 2.21. The summed E-state index contributed by atoms with van der Waals surface area (Å²) in [7, 11) is 1.63. The summed E-state index contributed by atoms with van der Waals surface area (Å²) in [6, 6.07) is 11.4. The predicted octanol–water partition coefficient (Wildman–Crippen LogP) is 3.08. The van der Waals surface area contributed by atoms with Gasteiger partial charge < -0.3 is 14.8 Å². The number of aldehydes is 1. The lowest BCUT2D eigenvalue weighted by Crippen LogP contribution is -2.20. The highest BCUT2D eigenvalue weighted by Crippen LogP contribution is 2.26. The minimum Gasteiger partial charge on any atom is -0.497 e. The Kier molecular flexibility index (Phi) is 4.71. The number of nitrogens with one attached hydrogen (secondary N) is 1. The molecule has 4 nitrogen and oxygen atoms in total. The van der Waals surface area contributed by atoms with Crippen LogP contribution in [0.4, 0.5) is 5.69 Å². The highest BCUT2D eigenvalue weighted by Gasteiger charge is 2.18. The first-order valence-corrected chi connectivity index (χ1v) is 6.50. The molecule has 1 heterocycles. The van der Waals surface area contributed by atoms with Crippen molar-refractivity contribution in [3.05, 3.63) is 54.4 Å². The van der Waals surface area contributed by atoms with Crippen LogP contribution in [0.1, 0.15) is 18.5 Å². The van der Waals surface area contributed by atoms with Crippen LogP contribution >= 0.6 is 0 Å². The number of anilines is 1. The van der Waals surface area contributed by atoms with Crippen LogP contribution in [0.25, 0.3) is 0 Å². The number of rotatable bonds is 6. The Morgan fingerprint density at radius 1 is 1.25 bits per heavy atom. The smallest absolute Gasteiger partial charge is 0.125 e. The first-order chi connectivity index (χ1) is 9.74. The molecule has 0 fully saturated rings. The van der Waals surface area contributed by atoms with E-state index >= 15 is 0 Å². The molecule has 0 aliphatic rings. The molecule has 0 saturated heterocycles. The predicted molar refractivity (Wildman–Crippen MR) is 78.8 cm³/mol. The zero-order valence-electron chi connectivity index (χ0n) is 11.6. The molecule has 0 amide bonds. The monoisotopic (exact) mass is 270 g/mol. The molecule has 0 aliphatic heterocycles. The van der Waals surface area contributed by atoms with Gasteiger partial charge in [-0.25, -0.2) is 0 Å². The summed E-state index contributed by atoms with van der Waals surface area (Å²) in [5, 5.41) is 3.37. The second-order valence-electron chi connectivity index (χ2n) is 4.63. The van der Waals surface area contributed by atoms with E-state index in [1.165, 1.54) is 0 Å². The largest absolute Gasteiger partial charge is 0.497 e. The van der Waals surface area contributed by atoms with Crippen molar-refractivity contribution in [3.63, 3.8) is 0 Å². The molecule has 0 radical (unpaired) electrons. The topological polar surface area (TPSA) is 51.2 Å². The minimum atomic E-state index is -0.152. The molecule has 0 aliphatic carbocycles. The first kappa shape index (κ1) is 14.1. The van der Waals surface area contributed by atoms with E-state index in [1.807, 2.05) is 43.3 Å². The van der Waals surface area contributed by atoms with E-state index in [-0.39, 0.29) is 12.0 Å².